The monoisotopic (exact) mass is 177 g/mol. The molecule has 0 saturated carbocycles. The molecule has 0 aliphatic heterocycles. The first kappa shape index (κ1) is 9.65. The van der Waals surface area contributed by atoms with Crippen molar-refractivity contribution in [2.75, 3.05) is 19.5 Å². The summed E-state index contributed by atoms with van der Waals surface area (Å²) in [5.41, 5.74) is 2.16. The Balaban J connectivity index is 3.07. The number of anilines is 1. The summed E-state index contributed by atoms with van der Waals surface area (Å²) in [6.45, 7) is 1.99. The minimum Gasteiger partial charge on any atom is -0.496 e. The molecule has 1 rings (SSSR count). The Bertz CT molecular complexity index is 305. The quantitative estimate of drug-likeness (QED) is 0.766. The van der Waals surface area contributed by atoms with Crippen LogP contribution in [0.4, 0.5) is 5.69 Å². The van der Waals surface area contributed by atoms with Gasteiger partial charge in [0, 0.05) is 24.4 Å². The molecule has 1 aromatic carbocycles. The maximum absolute atomic E-state index is 5.25. The SMILES string of the molecule is C/C=C\c1ccc(NC)cc1OC. The Morgan fingerprint density at radius 2 is 2.15 bits per heavy atom. The summed E-state index contributed by atoms with van der Waals surface area (Å²) in [5.74, 6) is 0.893. The fourth-order valence-corrected chi connectivity index (χ4v) is 1.18. The number of rotatable bonds is 3. The van der Waals surface area contributed by atoms with Crippen molar-refractivity contribution < 1.29 is 4.74 Å². The van der Waals surface area contributed by atoms with Gasteiger partial charge in [-0.05, 0) is 19.1 Å². The second kappa shape index (κ2) is 4.55. The van der Waals surface area contributed by atoms with E-state index in [-0.39, 0.29) is 0 Å². The lowest BCUT2D eigenvalue weighted by atomic mass is 10.1. The summed E-state index contributed by atoms with van der Waals surface area (Å²) in [5, 5.41) is 3.07. The number of nitrogens with one attached hydrogen (secondary N) is 1. The molecule has 0 fully saturated rings. The zero-order valence-corrected chi connectivity index (χ0v) is 8.29. The van der Waals surface area contributed by atoms with Crippen LogP contribution in [0.1, 0.15) is 12.5 Å². The van der Waals surface area contributed by atoms with Gasteiger partial charge in [0.15, 0.2) is 0 Å². The molecule has 2 heteroatoms. The number of benzene rings is 1. The van der Waals surface area contributed by atoms with Crippen molar-refractivity contribution in [3.05, 3.63) is 29.8 Å². The van der Waals surface area contributed by atoms with Gasteiger partial charge in [-0.2, -0.15) is 0 Å². The Hall–Kier alpha value is -1.44. The summed E-state index contributed by atoms with van der Waals surface area (Å²) in [6.07, 6.45) is 4.02. The summed E-state index contributed by atoms with van der Waals surface area (Å²) in [7, 11) is 3.58. The van der Waals surface area contributed by atoms with Gasteiger partial charge in [-0.15, -0.1) is 0 Å². The molecular weight excluding hydrogens is 162 g/mol. The number of hydrogen-bond donors (Lipinski definition) is 1. The molecule has 0 bridgehead atoms. The predicted molar refractivity (Wildman–Crippen MR) is 57.2 cm³/mol. The molecule has 2 nitrogen and oxygen atoms in total. The first-order chi connectivity index (χ1) is 6.31. The van der Waals surface area contributed by atoms with Crippen molar-refractivity contribution in [3.63, 3.8) is 0 Å². The molecular formula is C11H15NO. The highest BCUT2D eigenvalue weighted by Gasteiger charge is 1.99. The molecule has 0 radical (unpaired) electrons. The van der Waals surface area contributed by atoms with Crippen molar-refractivity contribution in [1.29, 1.82) is 0 Å². The van der Waals surface area contributed by atoms with Gasteiger partial charge in [-0.1, -0.05) is 12.2 Å². The van der Waals surface area contributed by atoms with Crippen molar-refractivity contribution in [3.8, 4) is 5.75 Å². The number of methoxy groups -OCH3 is 1. The summed E-state index contributed by atoms with van der Waals surface area (Å²) in [6, 6.07) is 6.04. The van der Waals surface area contributed by atoms with Gasteiger partial charge in [0.25, 0.3) is 0 Å². The molecule has 0 amide bonds. The van der Waals surface area contributed by atoms with Crippen LogP contribution < -0.4 is 10.1 Å². The van der Waals surface area contributed by atoms with Gasteiger partial charge in [-0.3, -0.25) is 0 Å². The van der Waals surface area contributed by atoms with Gasteiger partial charge < -0.3 is 10.1 Å². The largest absolute Gasteiger partial charge is 0.496 e. The van der Waals surface area contributed by atoms with Crippen molar-refractivity contribution >= 4 is 11.8 Å². The molecule has 0 spiro atoms. The van der Waals surface area contributed by atoms with E-state index in [0.717, 1.165) is 17.0 Å². The minimum absolute atomic E-state index is 0.893. The molecule has 1 aromatic rings. The Labute approximate surface area is 79.2 Å². The standard InChI is InChI=1S/C11H15NO/c1-4-5-9-6-7-10(12-2)8-11(9)13-3/h4-8,12H,1-3H3/b5-4-. The predicted octanol–water partition coefficient (Wildman–Crippen LogP) is 2.77. The highest BCUT2D eigenvalue weighted by molar-refractivity contribution is 5.62. The number of allylic oxidation sites excluding steroid dienone is 1. The molecule has 1 N–H and O–H groups in total. The average molecular weight is 177 g/mol. The molecule has 13 heavy (non-hydrogen) atoms. The molecule has 0 aliphatic carbocycles. The van der Waals surface area contributed by atoms with Crippen LogP contribution in [-0.2, 0) is 0 Å². The second-order valence-corrected chi connectivity index (χ2v) is 2.71. The highest BCUT2D eigenvalue weighted by atomic mass is 16.5. The van der Waals surface area contributed by atoms with Crippen molar-refractivity contribution in [2.45, 2.75) is 6.92 Å². The fourth-order valence-electron chi connectivity index (χ4n) is 1.18. The second-order valence-electron chi connectivity index (χ2n) is 2.71. The highest BCUT2D eigenvalue weighted by Crippen LogP contribution is 2.23. The Kier molecular flexibility index (Phi) is 3.38. The van der Waals surface area contributed by atoms with Crippen LogP contribution in [0.15, 0.2) is 24.3 Å². The van der Waals surface area contributed by atoms with E-state index < -0.39 is 0 Å². The van der Waals surface area contributed by atoms with Gasteiger partial charge in [0.05, 0.1) is 7.11 Å². The van der Waals surface area contributed by atoms with Crippen LogP contribution in [0.25, 0.3) is 6.08 Å². The summed E-state index contributed by atoms with van der Waals surface area (Å²) >= 11 is 0. The number of hydrogen-bond acceptors (Lipinski definition) is 2. The van der Waals surface area contributed by atoms with E-state index in [1.807, 2.05) is 44.3 Å². The maximum Gasteiger partial charge on any atom is 0.128 e. The third kappa shape index (κ3) is 2.25. The van der Waals surface area contributed by atoms with Crippen LogP contribution in [0, 0.1) is 0 Å². The van der Waals surface area contributed by atoms with Gasteiger partial charge in [0.1, 0.15) is 5.75 Å². The third-order valence-electron chi connectivity index (χ3n) is 1.87. The van der Waals surface area contributed by atoms with E-state index in [2.05, 4.69) is 5.32 Å². The molecule has 70 valence electrons. The first-order valence-electron chi connectivity index (χ1n) is 4.30. The lowest BCUT2D eigenvalue weighted by molar-refractivity contribution is 0.414. The smallest absolute Gasteiger partial charge is 0.128 e. The third-order valence-corrected chi connectivity index (χ3v) is 1.87. The maximum atomic E-state index is 5.25. The molecule has 0 heterocycles. The van der Waals surface area contributed by atoms with Crippen LogP contribution in [0.3, 0.4) is 0 Å². The van der Waals surface area contributed by atoms with Crippen molar-refractivity contribution in [1.82, 2.24) is 0 Å². The lowest BCUT2D eigenvalue weighted by Gasteiger charge is -2.07. The van der Waals surface area contributed by atoms with E-state index in [9.17, 15) is 0 Å². The molecule has 0 aliphatic rings. The van der Waals surface area contributed by atoms with Gasteiger partial charge in [-0.25, -0.2) is 0 Å². The first-order valence-corrected chi connectivity index (χ1v) is 4.30. The van der Waals surface area contributed by atoms with E-state index >= 15 is 0 Å². The van der Waals surface area contributed by atoms with Crippen LogP contribution >= 0.6 is 0 Å². The fraction of sp³-hybridized carbons (Fsp3) is 0.273. The van der Waals surface area contributed by atoms with E-state index in [0.29, 0.717) is 0 Å². The van der Waals surface area contributed by atoms with Crippen molar-refractivity contribution in [2.24, 2.45) is 0 Å². The van der Waals surface area contributed by atoms with Gasteiger partial charge >= 0.3 is 0 Å². The van der Waals surface area contributed by atoms with Crippen LogP contribution in [-0.4, -0.2) is 14.2 Å². The summed E-state index contributed by atoms with van der Waals surface area (Å²) in [4.78, 5) is 0. The van der Waals surface area contributed by atoms with Crippen LogP contribution in [0.5, 0.6) is 5.75 Å². The average Bonchev–Trinajstić information content (AvgIpc) is 2.19. The van der Waals surface area contributed by atoms with Gasteiger partial charge in [0.2, 0.25) is 0 Å². The Morgan fingerprint density at radius 1 is 1.38 bits per heavy atom. The normalized spacial score (nSPS) is 10.4. The Morgan fingerprint density at radius 3 is 2.69 bits per heavy atom. The topological polar surface area (TPSA) is 21.3 Å². The van der Waals surface area contributed by atoms with E-state index in [4.69, 9.17) is 4.74 Å². The molecule has 0 aromatic heterocycles. The summed E-state index contributed by atoms with van der Waals surface area (Å²) < 4.78 is 5.25. The zero-order valence-electron chi connectivity index (χ0n) is 8.29. The van der Waals surface area contributed by atoms with Crippen LogP contribution in [0.2, 0.25) is 0 Å². The zero-order chi connectivity index (χ0) is 9.68. The minimum atomic E-state index is 0.893. The molecule has 0 atom stereocenters. The van der Waals surface area contributed by atoms with E-state index in [1.165, 1.54) is 0 Å². The molecule has 0 unspecified atom stereocenters. The number of ether oxygens (including phenoxy) is 1. The van der Waals surface area contributed by atoms with E-state index in [1.54, 1.807) is 7.11 Å². The molecule has 0 saturated heterocycles. The lowest BCUT2D eigenvalue weighted by Crippen LogP contribution is -1.91.